The Labute approximate surface area is 157 Å². The van der Waals surface area contributed by atoms with Crippen molar-refractivity contribution in [2.24, 2.45) is 5.92 Å². The Hall–Kier alpha value is -2.53. The Balaban J connectivity index is 1.53. The summed E-state index contributed by atoms with van der Waals surface area (Å²) in [5.41, 5.74) is 1.43. The second kappa shape index (κ2) is 8.23. The second-order valence-corrected chi connectivity index (χ2v) is 6.98. The van der Waals surface area contributed by atoms with E-state index >= 15 is 0 Å². The fourth-order valence-corrected chi connectivity index (χ4v) is 3.39. The average Bonchev–Trinajstić information content (AvgIpc) is 2.65. The van der Waals surface area contributed by atoms with Gasteiger partial charge in [0.2, 0.25) is 0 Å². The van der Waals surface area contributed by atoms with Gasteiger partial charge in [-0.25, -0.2) is 0 Å². The fourth-order valence-electron chi connectivity index (χ4n) is 3.22. The van der Waals surface area contributed by atoms with Crippen molar-refractivity contribution in [1.82, 2.24) is 4.90 Å². The second-order valence-electron chi connectivity index (χ2n) is 6.54. The third-order valence-electron chi connectivity index (χ3n) is 4.67. The normalized spacial score (nSPS) is 14.9. The Kier molecular flexibility index (Phi) is 5.78. The van der Waals surface area contributed by atoms with Crippen LogP contribution in [0.4, 0.5) is 5.69 Å². The first-order chi connectivity index (χ1) is 12.5. The molecule has 3 rings (SSSR count). The van der Waals surface area contributed by atoms with E-state index in [0.29, 0.717) is 24.0 Å². The maximum Gasteiger partial charge on any atom is 0.314 e. The molecule has 0 aliphatic carbocycles. The van der Waals surface area contributed by atoms with Crippen LogP contribution in [0.2, 0.25) is 5.02 Å². The summed E-state index contributed by atoms with van der Waals surface area (Å²) in [6.45, 7) is 1.12. The molecule has 0 aromatic heterocycles. The molecule has 1 aliphatic heterocycles. The molecule has 1 saturated heterocycles. The van der Waals surface area contributed by atoms with Crippen LogP contribution in [0.1, 0.15) is 18.4 Å². The SMILES string of the molecule is O=C(Nc1cc(Cl)ccc1O)C(=O)N1CCC(Cc2ccccc2)CC1. The summed E-state index contributed by atoms with van der Waals surface area (Å²) in [7, 11) is 0. The number of nitrogens with zero attached hydrogens (tertiary/aromatic N) is 1. The van der Waals surface area contributed by atoms with E-state index in [1.54, 1.807) is 4.90 Å². The van der Waals surface area contributed by atoms with Crippen LogP contribution in [-0.4, -0.2) is 34.9 Å². The largest absolute Gasteiger partial charge is 0.506 e. The van der Waals surface area contributed by atoms with E-state index in [1.165, 1.54) is 23.8 Å². The van der Waals surface area contributed by atoms with Crippen LogP contribution < -0.4 is 5.32 Å². The number of anilines is 1. The summed E-state index contributed by atoms with van der Waals surface area (Å²) < 4.78 is 0. The number of aromatic hydroxyl groups is 1. The maximum atomic E-state index is 12.4. The number of halogens is 1. The molecule has 0 atom stereocenters. The number of phenols is 1. The highest BCUT2D eigenvalue weighted by molar-refractivity contribution is 6.40. The molecule has 136 valence electrons. The molecule has 1 aliphatic rings. The number of benzene rings is 2. The van der Waals surface area contributed by atoms with Gasteiger partial charge in [-0.2, -0.15) is 0 Å². The molecule has 1 heterocycles. The summed E-state index contributed by atoms with van der Waals surface area (Å²) in [5, 5.41) is 12.6. The number of nitrogens with one attached hydrogen (secondary N) is 1. The van der Waals surface area contributed by atoms with E-state index in [-0.39, 0.29) is 11.4 Å². The van der Waals surface area contributed by atoms with Gasteiger partial charge < -0.3 is 15.3 Å². The highest BCUT2D eigenvalue weighted by atomic mass is 35.5. The van der Waals surface area contributed by atoms with E-state index in [0.717, 1.165) is 19.3 Å². The minimum Gasteiger partial charge on any atom is -0.506 e. The van der Waals surface area contributed by atoms with Crippen LogP contribution in [0.3, 0.4) is 0 Å². The maximum absolute atomic E-state index is 12.4. The van der Waals surface area contributed by atoms with E-state index in [4.69, 9.17) is 11.6 Å². The Morgan fingerprint density at radius 2 is 1.81 bits per heavy atom. The number of piperidine rings is 1. The van der Waals surface area contributed by atoms with Gasteiger partial charge in [0.1, 0.15) is 5.75 Å². The van der Waals surface area contributed by atoms with E-state index in [9.17, 15) is 14.7 Å². The minimum atomic E-state index is -0.760. The molecule has 0 spiro atoms. The van der Waals surface area contributed by atoms with Crippen LogP contribution in [0, 0.1) is 5.92 Å². The molecule has 0 unspecified atom stereocenters. The predicted octanol–water partition coefficient (Wildman–Crippen LogP) is 3.47. The summed E-state index contributed by atoms with van der Waals surface area (Å²) in [6.07, 6.45) is 2.73. The van der Waals surface area contributed by atoms with Crippen molar-refractivity contribution in [3.8, 4) is 5.75 Å². The molecule has 6 heteroatoms. The average molecular weight is 373 g/mol. The van der Waals surface area contributed by atoms with Crippen LogP contribution in [-0.2, 0) is 16.0 Å². The van der Waals surface area contributed by atoms with Crippen molar-refractivity contribution in [1.29, 1.82) is 0 Å². The van der Waals surface area contributed by atoms with Crippen LogP contribution in [0.5, 0.6) is 5.75 Å². The monoisotopic (exact) mass is 372 g/mol. The van der Waals surface area contributed by atoms with Gasteiger partial charge in [0.25, 0.3) is 0 Å². The van der Waals surface area contributed by atoms with Gasteiger partial charge in [0.05, 0.1) is 5.69 Å². The van der Waals surface area contributed by atoms with Gasteiger partial charge in [-0.3, -0.25) is 9.59 Å². The molecular formula is C20H21ClN2O3. The fraction of sp³-hybridized carbons (Fsp3) is 0.300. The number of rotatable bonds is 3. The molecule has 5 nitrogen and oxygen atoms in total. The molecule has 2 N–H and O–H groups in total. The first-order valence-corrected chi connectivity index (χ1v) is 9.03. The predicted molar refractivity (Wildman–Crippen MR) is 101 cm³/mol. The van der Waals surface area contributed by atoms with Gasteiger partial charge in [-0.15, -0.1) is 0 Å². The zero-order valence-electron chi connectivity index (χ0n) is 14.3. The highest BCUT2D eigenvalue weighted by Crippen LogP contribution is 2.27. The standard InChI is InChI=1S/C20H21ClN2O3/c21-16-6-7-18(24)17(13-16)22-19(25)20(26)23-10-8-15(9-11-23)12-14-4-2-1-3-5-14/h1-7,13,15,24H,8-12H2,(H,22,25). The van der Waals surface area contributed by atoms with Gasteiger partial charge in [-0.1, -0.05) is 41.9 Å². The Bertz CT molecular complexity index is 787. The third-order valence-corrected chi connectivity index (χ3v) is 4.91. The molecular weight excluding hydrogens is 352 g/mol. The van der Waals surface area contributed by atoms with Gasteiger partial charge >= 0.3 is 11.8 Å². The van der Waals surface area contributed by atoms with E-state index in [2.05, 4.69) is 17.4 Å². The lowest BCUT2D eigenvalue weighted by Crippen LogP contribution is -2.44. The first kappa shape index (κ1) is 18.3. The highest BCUT2D eigenvalue weighted by Gasteiger charge is 2.27. The van der Waals surface area contributed by atoms with Gasteiger partial charge in [-0.05, 0) is 48.9 Å². The lowest BCUT2D eigenvalue weighted by Gasteiger charge is -2.31. The Morgan fingerprint density at radius 3 is 2.50 bits per heavy atom. The molecule has 2 amide bonds. The number of phenolic OH excluding ortho intramolecular Hbond substituents is 1. The topological polar surface area (TPSA) is 69.6 Å². The zero-order valence-corrected chi connectivity index (χ0v) is 15.1. The minimum absolute atomic E-state index is 0.128. The van der Waals surface area contributed by atoms with Crippen molar-refractivity contribution in [2.45, 2.75) is 19.3 Å². The van der Waals surface area contributed by atoms with Crippen LogP contribution in [0.15, 0.2) is 48.5 Å². The number of amides is 2. The third kappa shape index (κ3) is 4.55. The molecule has 2 aromatic carbocycles. The molecule has 26 heavy (non-hydrogen) atoms. The summed E-state index contributed by atoms with van der Waals surface area (Å²) in [5.74, 6) is -0.954. The summed E-state index contributed by atoms with van der Waals surface area (Å²) >= 11 is 5.85. The molecule has 1 fully saturated rings. The lowest BCUT2D eigenvalue weighted by molar-refractivity contribution is -0.144. The van der Waals surface area contributed by atoms with E-state index in [1.807, 2.05) is 18.2 Å². The van der Waals surface area contributed by atoms with Gasteiger partial charge in [0, 0.05) is 18.1 Å². The van der Waals surface area contributed by atoms with Crippen molar-refractivity contribution in [3.05, 3.63) is 59.1 Å². The van der Waals surface area contributed by atoms with Crippen molar-refractivity contribution >= 4 is 29.1 Å². The van der Waals surface area contributed by atoms with Crippen molar-refractivity contribution in [2.75, 3.05) is 18.4 Å². The zero-order chi connectivity index (χ0) is 18.5. The smallest absolute Gasteiger partial charge is 0.314 e. The Morgan fingerprint density at radius 1 is 1.12 bits per heavy atom. The molecule has 0 radical (unpaired) electrons. The number of carbonyl (C=O) groups is 2. The van der Waals surface area contributed by atoms with Crippen molar-refractivity contribution in [3.63, 3.8) is 0 Å². The number of likely N-dealkylation sites (tertiary alicyclic amines) is 1. The summed E-state index contributed by atoms with van der Waals surface area (Å²) in [6, 6.07) is 14.6. The molecule has 2 aromatic rings. The number of hydrogen-bond donors (Lipinski definition) is 2. The summed E-state index contributed by atoms with van der Waals surface area (Å²) in [4.78, 5) is 26.1. The quantitative estimate of drug-likeness (QED) is 0.640. The van der Waals surface area contributed by atoms with E-state index < -0.39 is 11.8 Å². The molecule has 0 saturated carbocycles. The number of hydrogen-bond acceptors (Lipinski definition) is 3. The lowest BCUT2D eigenvalue weighted by atomic mass is 9.90. The van der Waals surface area contributed by atoms with Crippen molar-refractivity contribution < 1.29 is 14.7 Å². The van der Waals surface area contributed by atoms with Gasteiger partial charge in [0.15, 0.2) is 0 Å². The first-order valence-electron chi connectivity index (χ1n) is 8.65. The van der Waals surface area contributed by atoms with Crippen LogP contribution in [0.25, 0.3) is 0 Å². The van der Waals surface area contributed by atoms with Crippen LogP contribution >= 0.6 is 11.6 Å². The molecule has 0 bridgehead atoms. The number of carbonyl (C=O) groups excluding carboxylic acids is 2.